The van der Waals surface area contributed by atoms with Crippen LogP contribution in [0, 0.1) is 0 Å². The molecule has 2 nitrogen and oxygen atoms in total. The topological polar surface area (TPSA) is 21.3 Å². The standard InChI is InChI=1S/C11H16BrNOS/c1-15-9-7-13-6-8-14-11-4-2-10(12)3-5-11/h2-5,13H,6-9H2,1H3. The van der Waals surface area contributed by atoms with Crippen LogP contribution in [0.25, 0.3) is 0 Å². The number of halogens is 1. The molecule has 0 atom stereocenters. The van der Waals surface area contributed by atoms with E-state index >= 15 is 0 Å². The second kappa shape index (κ2) is 8.02. The van der Waals surface area contributed by atoms with Gasteiger partial charge in [0.05, 0.1) is 0 Å². The minimum atomic E-state index is 0.718. The van der Waals surface area contributed by atoms with Gasteiger partial charge in [0, 0.05) is 23.3 Å². The summed E-state index contributed by atoms with van der Waals surface area (Å²) in [5, 5.41) is 3.31. The fraction of sp³-hybridized carbons (Fsp3) is 0.455. The molecule has 0 heterocycles. The van der Waals surface area contributed by atoms with E-state index in [9.17, 15) is 0 Å². The molecule has 0 saturated carbocycles. The summed E-state index contributed by atoms with van der Waals surface area (Å²) in [6.07, 6.45) is 2.11. The van der Waals surface area contributed by atoms with E-state index in [2.05, 4.69) is 27.5 Å². The highest BCUT2D eigenvalue weighted by molar-refractivity contribution is 9.10. The van der Waals surface area contributed by atoms with E-state index in [1.807, 2.05) is 36.0 Å². The molecule has 0 fully saturated rings. The van der Waals surface area contributed by atoms with Crippen molar-refractivity contribution in [3.05, 3.63) is 28.7 Å². The van der Waals surface area contributed by atoms with Crippen molar-refractivity contribution in [3.8, 4) is 5.75 Å². The van der Waals surface area contributed by atoms with Gasteiger partial charge in [0.25, 0.3) is 0 Å². The molecule has 1 aromatic carbocycles. The van der Waals surface area contributed by atoms with Crippen LogP contribution in [0.5, 0.6) is 5.75 Å². The molecular weight excluding hydrogens is 274 g/mol. The van der Waals surface area contributed by atoms with Crippen molar-refractivity contribution < 1.29 is 4.74 Å². The van der Waals surface area contributed by atoms with E-state index in [0.717, 1.165) is 35.7 Å². The Morgan fingerprint density at radius 1 is 1.27 bits per heavy atom. The second-order valence-corrected chi connectivity index (χ2v) is 4.95. The van der Waals surface area contributed by atoms with E-state index in [1.165, 1.54) is 0 Å². The molecule has 15 heavy (non-hydrogen) atoms. The normalized spacial score (nSPS) is 10.3. The van der Waals surface area contributed by atoms with Crippen LogP contribution < -0.4 is 10.1 Å². The van der Waals surface area contributed by atoms with Crippen LogP contribution in [0.4, 0.5) is 0 Å². The number of hydrogen-bond donors (Lipinski definition) is 1. The quantitative estimate of drug-likeness (QED) is 0.780. The monoisotopic (exact) mass is 289 g/mol. The fourth-order valence-corrected chi connectivity index (χ4v) is 1.68. The molecule has 0 aliphatic heterocycles. The first-order chi connectivity index (χ1) is 7.33. The smallest absolute Gasteiger partial charge is 0.119 e. The first kappa shape index (κ1) is 12.9. The average Bonchev–Trinajstić information content (AvgIpc) is 2.26. The zero-order chi connectivity index (χ0) is 10.9. The van der Waals surface area contributed by atoms with Gasteiger partial charge >= 0.3 is 0 Å². The lowest BCUT2D eigenvalue weighted by Gasteiger charge is -2.06. The Kier molecular flexibility index (Phi) is 6.88. The van der Waals surface area contributed by atoms with Crippen molar-refractivity contribution in [3.63, 3.8) is 0 Å². The first-order valence-electron chi connectivity index (χ1n) is 4.91. The maximum atomic E-state index is 5.55. The lowest BCUT2D eigenvalue weighted by Crippen LogP contribution is -2.23. The Bertz CT molecular complexity index is 266. The van der Waals surface area contributed by atoms with Crippen LogP contribution in [-0.4, -0.2) is 31.7 Å². The Morgan fingerprint density at radius 2 is 2.00 bits per heavy atom. The summed E-state index contributed by atoms with van der Waals surface area (Å²) in [5.41, 5.74) is 0. The molecule has 0 aliphatic carbocycles. The Labute approximate surface area is 104 Å². The maximum absolute atomic E-state index is 5.55. The van der Waals surface area contributed by atoms with Crippen LogP contribution in [-0.2, 0) is 0 Å². The highest BCUT2D eigenvalue weighted by Crippen LogP contribution is 2.15. The molecular formula is C11H16BrNOS. The van der Waals surface area contributed by atoms with Crippen molar-refractivity contribution in [2.45, 2.75) is 0 Å². The number of rotatable bonds is 7. The van der Waals surface area contributed by atoms with Gasteiger partial charge in [-0.3, -0.25) is 0 Å². The summed E-state index contributed by atoms with van der Waals surface area (Å²) >= 11 is 5.23. The molecule has 0 unspecified atom stereocenters. The SMILES string of the molecule is CSCCNCCOc1ccc(Br)cc1. The van der Waals surface area contributed by atoms with Crippen LogP contribution in [0.15, 0.2) is 28.7 Å². The Hall–Kier alpha value is -0.190. The lowest BCUT2D eigenvalue weighted by molar-refractivity contribution is 0.315. The highest BCUT2D eigenvalue weighted by Gasteiger charge is 1.93. The second-order valence-electron chi connectivity index (χ2n) is 3.05. The van der Waals surface area contributed by atoms with E-state index in [1.54, 1.807) is 0 Å². The van der Waals surface area contributed by atoms with Crippen molar-refractivity contribution in [1.82, 2.24) is 5.32 Å². The van der Waals surface area contributed by atoms with Crippen molar-refractivity contribution in [2.75, 3.05) is 31.7 Å². The maximum Gasteiger partial charge on any atom is 0.119 e. The van der Waals surface area contributed by atoms with Crippen LogP contribution >= 0.6 is 27.7 Å². The third-order valence-corrected chi connectivity index (χ3v) is 2.99. The fourth-order valence-electron chi connectivity index (χ4n) is 1.07. The van der Waals surface area contributed by atoms with Gasteiger partial charge in [0.1, 0.15) is 12.4 Å². The summed E-state index contributed by atoms with van der Waals surface area (Å²) in [5.74, 6) is 2.07. The molecule has 0 aromatic heterocycles. The number of thioether (sulfide) groups is 1. The molecule has 84 valence electrons. The minimum Gasteiger partial charge on any atom is -0.492 e. The zero-order valence-electron chi connectivity index (χ0n) is 8.83. The molecule has 1 aromatic rings. The summed E-state index contributed by atoms with van der Waals surface area (Å²) in [4.78, 5) is 0. The number of benzene rings is 1. The third-order valence-electron chi connectivity index (χ3n) is 1.84. The van der Waals surface area contributed by atoms with Crippen LogP contribution in [0.2, 0.25) is 0 Å². The Morgan fingerprint density at radius 3 is 2.67 bits per heavy atom. The van der Waals surface area contributed by atoms with Gasteiger partial charge in [-0.1, -0.05) is 15.9 Å². The predicted molar refractivity (Wildman–Crippen MR) is 70.9 cm³/mol. The third kappa shape index (κ3) is 6.07. The number of hydrogen-bond acceptors (Lipinski definition) is 3. The Balaban J connectivity index is 2.07. The van der Waals surface area contributed by atoms with E-state index in [0.29, 0.717) is 0 Å². The molecule has 0 amide bonds. The summed E-state index contributed by atoms with van der Waals surface area (Å²) < 4.78 is 6.63. The largest absolute Gasteiger partial charge is 0.492 e. The van der Waals surface area contributed by atoms with Crippen molar-refractivity contribution >= 4 is 27.7 Å². The lowest BCUT2D eigenvalue weighted by atomic mass is 10.3. The molecule has 0 spiro atoms. The first-order valence-corrected chi connectivity index (χ1v) is 7.09. The van der Waals surface area contributed by atoms with Gasteiger partial charge in [0.2, 0.25) is 0 Å². The van der Waals surface area contributed by atoms with Gasteiger partial charge in [0.15, 0.2) is 0 Å². The molecule has 0 radical (unpaired) electrons. The molecule has 4 heteroatoms. The molecule has 1 N–H and O–H groups in total. The van der Waals surface area contributed by atoms with E-state index in [-0.39, 0.29) is 0 Å². The number of nitrogens with one attached hydrogen (secondary N) is 1. The molecule has 0 bridgehead atoms. The van der Waals surface area contributed by atoms with Crippen molar-refractivity contribution in [2.24, 2.45) is 0 Å². The zero-order valence-corrected chi connectivity index (χ0v) is 11.2. The van der Waals surface area contributed by atoms with E-state index < -0.39 is 0 Å². The van der Waals surface area contributed by atoms with Crippen molar-refractivity contribution in [1.29, 1.82) is 0 Å². The van der Waals surface area contributed by atoms with Gasteiger partial charge in [-0.05, 0) is 30.5 Å². The average molecular weight is 290 g/mol. The van der Waals surface area contributed by atoms with Gasteiger partial charge < -0.3 is 10.1 Å². The van der Waals surface area contributed by atoms with Gasteiger partial charge in [-0.25, -0.2) is 0 Å². The highest BCUT2D eigenvalue weighted by atomic mass is 79.9. The predicted octanol–water partition coefficient (Wildman–Crippen LogP) is 2.78. The molecule has 0 saturated heterocycles. The van der Waals surface area contributed by atoms with Crippen LogP contribution in [0.3, 0.4) is 0 Å². The molecule has 1 rings (SSSR count). The van der Waals surface area contributed by atoms with E-state index in [4.69, 9.17) is 4.74 Å². The number of ether oxygens (including phenoxy) is 1. The summed E-state index contributed by atoms with van der Waals surface area (Å²) in [7, 11) is 0. The van der Waals surface area contributed by atoms with Gasteiger partial charge in [-0.2, -0.15) is 11.8 Å². The minimum absolute atomic E-state index is 0.718. The summed E-state index contributed by atoms with van der Waals surface area (Å²) in [6.45, 7) is 2.66. The summed E-state index contributed by atoms with van der Waals surface area (Å²) in [6, 6.07) is 7.89. The van der Waals surface area contributed by atoms with Gasteiger partial charge in [-0.15, -0.1) is 0 Å². The molecule has 0 aliphatic rings. The van der Waals surface area contributed by atoms with Crippen LogP contribution in [0.1, 0.15) is 0 Å².